The number of sulfonamides is 1. The van der Waals surface area contributed by atoms with Gasteiger partial charge in [-0.1, -0.05) is 25.5 Å². The number of hydrogen-bond acceptors (Lipinski definition) is 5. The first kappa shape index (κ1) is 20.8. The molecule has 1 aromatic carbocycles. The van der Waals surface area contributed by atoms with Crippen LogP contribution in [0.25, 0.3) is 0 Å². The third-order valence-corrected chi connectivity index (χ3v) is 7.68. The maximum Gasteiger partial charge on any atom is 0.262 e. The van der Waals surface area contributed by atoms with Gasteiger partial charge in [0.15, 0.2) is 0 Å². The summed E-state index contributed by atoms with van der Waals surface area (Å²) in [4.78, 5) is 14.5. The number of hydrogen-bond donors (Lipinski definition) is 1. The number of nitrogens with zero attached hydrogens (tertiary/aromatic N) is 2. The van der Waals surface area contributed by atoms with Crippen LogP contribution < -0.4 is 10.2 Å². The van der Waals surface area contributed by atoms with Crippen molar-refractivity contribution in [2.24, 2.45) is 0 Å². The Balaban J connectivity index is 1.71. The standard InChI is InChI=1S/C19H24FN3O3S2/c1-2-3-9-21-19(24)18-17(8-14-27-18)28(25,26)23-12-10-22(11-13-23)16-7-5-4-6-15(16)20/h4-8,14H,2-3,9-13H2,1H3,(H,21,24). The molecule has 0 bridgehead atoms. The second kappa shape index (κ2) is 9.02. The molecule has 1 aliphatic heterocycles. The number of rotatable bonds is 7. The fourth-order valence-corrected chi connectivity index (χ4v) is 5.88. The number of para-hydroxylation sites is 1. The first-order chi connectivity index (χ1) is 13.4. The first-order valence-corrected chi connectivity index (χ1v) is 11.6. The van der Waals surface area contributed by atoms with Gasteiger partial charge in [0.1, 0.15) is 15.6 Å². The van der Waals surface area contributed by atoms with Crippen molar-refractivity contribution >= 4 is 33.0 Å². The lowest BCUT2D eigenvalue weighted by Gasteiger charge is -2.35. The number of carbonyl (C=O) groups excluding carboxylic acids is 1. The maximum absolute atomic E-state index is 14.0. The summed E-state index contributed by atoms with van der Waals surface area (Å²) in [5.74, 6) is -0.672. The summed E-state index contributed by atoms with van der Waals surface area (Å²) in [6, 6.07) is 7.96. The smallest absolute Gasteiger partial charge is 0.262 e. The molecule has 0 radical (unpaired) electrons. The van der Waals surface area contributed by atoms with Crippen molar-refractivity contribution in [3.63, 3.8) is 0 Å². The molecule has 0 unspecified atom stereocenters. The molecule has 3 rings (SSSR count). The van der Waals surface area contributed by atoms with Crippen LogP contribution in [0.3, 0.4) is 0 Å². The molecule has 0 aliphatic carbocycles. The number of unbranched alkanes of at least 4 members (excludes halogenated alkanes) is 1. The molecule has 6 nitrogen and oxygen atoms in total. The Bertz CT molecular complexity index is 922. The Labute approximate surface area is 169 Å². The van der Waals surface area contributed by atoms with Gasteiger partial charge < -0.3 is 10.2 Å². The first-order valence-electron chi connectivity index (χ1n) is 9.30. The fraction of sp³-hybridized carbons (Fsp3) is 0.421. The van der Waals surface area contributed by atoms with E-state index in [-0.39, 0.29) is 34.6 Å². The highest BCUT2D eigenvalue weighted by molar-refractivity contribution is 7.89. The molecule has 2 heterocycles. The fourth-order valence-electron chi connectivity index (χ4n) is 3.14. The van der Waals surface area contributed by atoms with Gasteiger partial charge in [-0.2, -0.15) is 4.31 Å². The lowest BCUT2D eigenvalue weighted by Crippen LogP contribution is -2.49. The van der Waals surface area contributed by atoms with Gasteiger partial charge in [0.25, 0.3) is 5.91 Å². The third-order valence-electron chi connectivity index (χ3n) is 4.70. The molecular formula is C19H24FN3O3S2. The molecule has 1 aromatic heterocycles. The van der Waals surface area contributed by atoms with Crippen LogP contribution in [0.4, 0.5) is 10.1 Å². The number of amides is 1. The van der Waals surface area contributed by atoms with Crippen LogP contribution in [0.15, 0.2) is 40.6 Å². The SMILES string of the molecule is CCCCNC(=O)c1sccc1S(=O)(=O)N1CCN(c2ccccc2F)CC1. The molecular weight excluding hydrogens is 401 g/mol. The van der Waals surface area contributed by atoms with Gasteiger partial charge in [-0.05, 0) is 30.0 Å². The summed E-state index contributed by atoms with van der Waals surface area (Å²) in [5.41, 5.74) is 0.478. The van der Waals surface area contributed by atoms with Crippen molar-refractivity contribution < 1.29 is 17.6 Å². The predicted molar refractivity (Wildman–Crippen MR) is 109 cm³/mol. The van der Waals surface area contributed by atoms with Gasteiger partial charge in [-0.3, -0.25) is 4.79 Å². The van der Waals surface area contributed by atoms with E-state index in [2.05, 4.69) is 5.32 Å². The molecule has 1 amide bonds. The van der Waals surface area contributed by atoms with Gasteiger partial charge in [-0.15, -0.1) is 11.3 Å². The zero-order chi connectivity index (χ0) is 20.1. The van der Waals surface area contributed by atoms with Crippen LogP contribution in [-0.2, 0) is 10.0 Å². The van der Waals surface area contributed by atoms with Crippen molar-refractivity contribution in [3.8, 4) is 0 Å². The maximum atomic E-state index is 14.0. The monoisotopic (exact) mass is 425 g/mol. The molecule has 0 spiro atoms. The van der Waals surface area contributed by atoms with Crippen LogP contribution in [0.1, 0.15) is 29.4 Å². The second-order valence-electron chi connectivity index (χ2n) is 6.57. The minimum absolute atomic E-state index is 0.0471. The summed E-state index contributed by atoms with van der Waals surface area (Å²) in [5, 5.41) is 4.40. The van der Waals surface area contributed by atoms with E-state index in [1.165, 1.54) is 16.4 Å². The van der Waals surface area contributed by atoms with Crippen LogP contribution in [0, 0.1) is 5.82 Å². The summed E-state index contributed by atoms with van der Waals surface area (Å²) < 4.78 is 41.5. The van der Waals surface area contributed by atoms with Gasteiger partial charge in [0.05, 0.1) is 5.69 Å². The van der Waals surface area contributed by atoms with Crippen molar-refractivity contribution in [2.75, 3.05) is 37.6 Å². The molecule has 152 valence electrons. The average Bonchev–Trinajstić information content (AvgIpc) is 3.19. The number of benzene rings is 1. The van der Waals surface area contributed by atoms with E-state index in [4.69, 9.17) is 0 Å². The van der Waals surface area contributed by atoms with E-state index < -0.39 is 10.0 Å². The zero-order valence-electron chi connectivity index (χ0n) is 15.7. The highest BCUT2D eigenvalue weighted by Crippen LogP contribution is 2.27. The Kier molecular flexibility index (Phi) is 6.69. The van der Waals surface area contributed by atoms with Crippen LogP contribution >= 0.6 is 11.3 Å². The van der Waals surface area contributed by atoms with Crippen molar-refractivity contribution in [2.45, 2.75) is 24.7 Å². The van der Waals surface area contributed by atoms with E-state index >= 15 is 0 Å². The lowest BCUT2D eigenvalue weighted by molar-refractivity contribution is 0.0954. The van der Waals surface area contributed by atoms with E-state index in [0.717, 1.165) is 24.2 Å². The highest BCUT2D eigenvalue weighted by Gasteiger charge is 2.32. The molecule has 0 saturated carbocycles. The lowest BCUT2D eigenvalue weighted by atomic mass is 10.2. The van der Waals surface area contributed by atoms with Crippen LogP contribution in [0.5, 0.6) is 0 Å². The zero-order valence-corrected chi connectivity index (χ0v) is 17.4. The van der Waals surface area contributed by atoms with Crippen LogP contribution in [0.2, 0.25) is 0 Å². The van der Waals surface area contributed by atoms with Gasteiger partial charge in [0, 0.05) is 32.7 Å². The highest BCUT2D eigenvalue weighted by atomic mass is 32.2. The molecule has 9 heteroatoms. The quantitative estimate of drug-likeness (QED) is 0.693. The summed E-state index contributed by atoms with van der Waals surface area (Å²) >= 11 is 1.13. The summed E-state index contributed by atoms with van der Waals surface area (Å²) in [7, 11) is -3.78. The molecule has 28 heavy (non-hydrogen) atoms. The number of halogens is 1. The third kappa shape index (κ3) is 4.37. The average molecular weight is 426 g/mol. The topological polar surface area (TPSA) is 69.7 Å². The predicted octanol–water partition coefficient (Wildman–Crippen LogP) is 2.93. The van der Waals surface area contributed by atoms with E-state index in [9.17, 15) is 17.6 Å². The number of nitrogens with one attached hydrogen (secondary N) is 1. The molecule has 1 N–H and O–H groups in total. The Morgan fingerprint density at radius 3 is 2.57 bits per heavy atom. The molecule has 1 fully saturated rings. The Hall–Kier alpha value is -1.97. The van der Waals surface area contributed by atoms with Gasteiger partial charge >= 0.3 is 0 Å². The van der Waals surface area contributed by atoms with Crippen molar-refractivity contribution in [1.82, 2.24) is 9.62 Å². The molecule has 1 saturated heterocycles. The van der Waals surface area contributed by atoms with Crippen LogP contribution in [-0.4, -0.2) is 51.4 Å². The molecule has 1 aliphatic rings. The number of carbonyl (C=O) groups is 1. The minimum Gasteiger partial charge on any atom is -0.367 e. The summed E-state index contributed by atoms with van der Waals surface area (Å²) in [6.07, 6.45) is 1.79. The van der Waals surface area contributed by atoms with Crippen molar-refractivity contribution in [1.29, 1.82) is 0 Å². The molecule has 2 aromatic rings. The summed E-state index contributed by atoms with van der Waals surface area (Å²) in [6.45, 7) is 3.81. The minimum atomic E-state index is -3.78. The van der Waals surface area contributed by atoms with E-state index in [0.29, 0.717) is 25.3 Å². The Morgan fingerprint density at radius 2 is 1.89 bits per heavy atom. The number of anilines is 1. The normalized spacial score (nSPS) is 15.6. The van der Waals surface area contributed by atoms with E-state index in [1.54, 1.807) is 23.6 Å². The van der Waals surface area contributed by atoms with Gasteiger partial charge in [-0.25, -0.2) is 12.8 Å². The van der Waals surface area contributed by atoms with E-state index in [1.807, 2.05) is 11.8 Å². The number of piperazine rings is 1. The second-order valence-corrected chi connectivity index (χ2v) is 9.39. The molecule has 0 atom stereocenters. The Morgan fingerprint density at radius 1 is 1.18 bits per heavy atom. The number of thiophene rings is 1. The van der Waals surface area contributed by atoms with Gasteiger partial charge in [0.2, 0.25) is 10.0 Å². The van der Waals surface area contributed by atoms with Crippen molar-refractivity contribution in [3.05, 3.63) is 46.4 Å². The largest absolute Gasteiger partial charge is 0.367 e.